The van der Waals surface area contributed by atoms with Crippen LogP contribution in [0.25, 0.3) is 0 Å². The molecule has 1 aromatic rings. The fourth-order valence-electron chi connectivity index (χ4n) is 3.08. The van der Waals surface area contributed by atoms with Crippen molar-refractivity contribution in [1.29, 1.82) is 0 Å². The van der Waals surface area contributed by atoms with E-state index in [4.69, 9.17) is 0 Å². The van der Waals surface area contributed by atoms with Gasteiger partial charge in [-0.05, 0) is 18.1 Å². The number of carbonyl (C=O) groups is 1. The maximum absolute atomic E-state index is 12.0. The van der Waals surface area contributed by atoms with Gasteiger partial charge in [0.25, 0.3) is 0 Å². The molecular weight excluding hydrogens is 332 g/mol. The van der Waals surface area contributed by atoms with Crippen LogP contribution in [0.5, 0.6) is 0 Å². The summed E-state index contributed by atoms with van der Waals surface area (Å²) < 4.78 is 24.0. The van der Waals surface area contributed by atoms with Gasteiger partial charge in [-0.25, -0.2) is 8.42 Å². The number of anilines is 1. The van der Waals surface area contributed by atoms with Gasteiger partial charge in [-0.15, -0.1) is 0 Å². The second kappa shape index (κ2) is 6.28. The summed E-state index contributed by atoms with van der Waals surface area (Å²) in [5.41, 5.74) is 2.10. The fourth-order valence-corrected chi connectivity index (χ4v) is 7.00. The van der Waals surface area contributed by atoms with Crippen molar-refractivity contribution in [2.24, 2.45) is 4.99 Å². The normalized spacial score (nSPS) is 27.4. The number of hydrogen-bond acceptors (Lipinski definition) is 4. The molecule has 2 saturated heterocycles. The molecule has 0 N–H and O–H groups in total. The highest BCUT2D eigenvalue weighted by Crippen LogP contribution is 2.42. The number of benzene rings is 1. The van der Waals surface area contributed by atoms with E-state index in [1.165, 1.54) is 11.8 Å². The molecule has 7 heteroatoms. The van der Waals surface area contributed by atoms with Crippen LogP contribution in [0.1, 0.15) is 25.8 Å². The first-order valence-electron chi connectivity index (χ1n) is 7.81. The molecule has 0 radical (unpaired) electrons. The van der Waals surface area contributed by atoms with Crippen LogP contribution in [0.15, 0.2) is 29.3 Å². The Morgan fingerprint density at radius 3 is 2.74 bits per heavy atom. The molecule has 2 fully saturated rings. The number of hydrogen-bond donors (Lipinski definition) is 0. The van der Waals surface area contributed by atoms with Crippen LogP contribution in [-0.2, 0) is 21.1 Å². The number of nitrogens with zero attached hydrogens (tertiary/aromatic N) is 2. The number of amides is 1. The zero-order valence-electron chi connectivity index (χ0n) is 13.2. The van der Waals surface area contributed by atoms with Gasteiger partial charge < -0.3 is 4.90 Å². The Kier molecular flexibility index (Phi) is 4.51. The lowest BCUT2D eigenvalue weighted by atomic mass is 10.1. The lowest BCUT2D eigenvalue weighted by molar-refractivity contribution is -0.117. The van der Waals surface area contributed by atoms with Crippen LogP contribution in [0.2, 0.25) is 0 Å². The zero-order chi connectivity index (χ0) is 16.6. The Bertz CT molecular complexity index is 758. The van der Waals surface area contributed by atoms with Gasteiger partial charge in [0.2, 0.25) is 5.91 Å². The minimum absolute atomic E-state index is 0.0479. The summed E-state index contributed by atoms with van der Waals surface area (Å²) in [6.45, 7) is 3.85. The first-order valence-corrected chi connectivity index (χ1v) is 10.5. The van der Waals surface area contributed by atoms with Crippen molar-refractivity contribution >= 4 is 38.4 Å². The van der Waals surface area contributed by atoms with Crippen molar-refractivity contribution in [3.63, 3.8) is 0 Å². The van der Waals surface area contributed by atoms with E-state index in [1.807, 2.05) is 29.2 Å². The number of rotatable bonds is 3. The molecule has 2 unspecified atom stereocenters. The highest BCUT2D eigenvalue weighted by molar-refractivity contribution is 8.16. The van der Waals surface area contributed by atoms with Gasteiger partial charge >= 0.3 is 0 Å². The van der Waals surface area contributed by atoms with E-state index < -0.39 is 9.84 Å². The van der Waals surface area contributed by atoms with E-state index in [1.54, 1.807) is 6.92 Å². The third kappa shape index (κ3) is 3.17. The van der Waals surface area contributed by atoms with Gasteiger partial charge in [0.15, 0.2) is 15.0 Å². The average molecular weight is 352 g/mol. The Balaban J connectivity index is 2.07. The third-order valence-electron chi connectivity index (χ3n) is 4.22. The molecule has 2 aliphatic rings. The van der Waals surface area contributed by atoms with Crippen LogP contribution in [0.3, 0.4) is 0 Å². The van der Waals surface area contributed by atoms with Gasteiger partial charge in [0, 0.05) is 17.4 Å². The smallest absolute Gasteiger partial charge is 0.247 e. The second-order valence-electron chi connectivity index (χ2n) is 5.79. The maximum atomic E-state index is 12.0. The van der Waals surface area contributed by atoms with Gasteiger partial charge in [0.05, 0.1) is 17.5 Å². The molecule has 0 aromatic heterocycles. The zero-order valence-corrected chi connectivity index (χ0v) is 14.9. The highest BCUT2D eigenvalue weighted by Gasteiger charge is 2.49. The van der Waals surface area contributed by atoms with E-state index in [0.29, 0.717) is 11.6 Å². The second-order valence-corrected chi connectivity index (χ2v) is 9.15. The van der Waals surface area contributed by atoms with E-state index in [2.05, 4.69) is 11.9 Å². The molecule has 0 saturated carbocycles. The molecule has 1 amide bonds. The summed E-state index contributed by atoms with van der Waals surface area (Å²) in [5.74, 6) is 0.114. The number of carbonyl (C=O) groups excluding carboxylic acids is 1. The minimum atomic E-state index is -3.03. The molecule has 23 heavy (non-hydrogen) atoms. The number of aliphatic imine (C=N–C) groups is 1. The lowest BCUT2D eigenvalue weighted by Gasteiger charge is -2.26. The molecule has 5 nitrogen and oxygen atoms in total. The van der Waals surface area contributed by atoms with E-state index in [9.17, 15) is 13.2 Å². The SMILES string of the molecule is CCC(=O)N=C1SC2CS(=O)(=O)CC2N1c1ccccc1CC. The summed E-state index contributed by atoms with van der Waals surface area (Å²) in [5, 5.41) is 0.593. The third-order valence-corrected chi connectivity index (χ3v) is 7.43. The Morgan fingerprint density at radius 1 is 1.30 bits per heavy atom. The highest BCUT2D eigenvalue weighted by atomic mass is 32.2. The maximum Gasteiger partial charge on any atom is 0.247 e. The first kappa shape index (κ1) is 16.5. The summed E-state index contributed by atoms with van der Waals surface area (Å²) in [6, 6.07) is 7.80. The number of sulfone groups is 1. The standard InChI is InChI=1S/C16H20N2O3S2/c1-3-11-7-5-6-8-12(11)18-13-9-23(20,21)10-14(13)22-16(18)17-15(19)4-2/h5-8,13-14H,3-4,9-10H2,1-2H3. The van der Waals surface area contributed by atoms with Gasteiger partial charge in [-0.2, -0.15) is 4.99 Å². The molecule has 2 heterocycles. The Hall–Kier alpha value is -1.34. The van der Waals surface area contributed by atoms with Crippen molar-refractivity contribution in [2.75, 3.05) is 16.4 Å². The van der Waals surface area contributed by atoms with Crippen molar-refractivity contribution in [3.05, 3.63) is 29.8 Å². The predicted octanol–water partition coefficient (Wildman–Crippen LogP) is 2.26. The molecule has 124 valence electrons. The largest absolute Gasteiger partial charge is 0.315 e. The van der Waals surface area contributed by atoms with Gasteiger partial charge in [0.1, 0.15) is 0 Å². The van der Waals surface area contributed by atoms with Crippen molar-refractivity contribution < 1.29 is 13.2 Å². The summed E-state index contributed by atoms with van der Waals surface area (Å²) in [4.78, 5) is 18.0. The predicted molar refractivity (Wildman–Crippen MR) is 94.9 cm³/mol. The quantitative estimate of drug-likeness (QED) is 0.835. The molecule has 0 bridgehead atoms. The van der Waals surface area contributed by atoms with Gasteiger partial charge in [-0.1, -0.05) is 43.8 Å². The van der Waals surface area contributed by atoms with Crippen molar-refractivity contribution in [2.45, 2.75) is 38.0 Å². The van der Waals surface area contributed by atoms with Crippen LogP contribution >= 0.6 is 11.8 Å². The summed E-state index contributed by atoms with van der Waals surface area (Å²) >= 11 is 1.43. The molecule has 0 aliphatic carbocycles. The van der Waals surface area contributed by atoms with Gasteiger partial charge in [-0.3, -0.25) is 4.79 Å². The minimum Gasteiger partial charge on any atom is -0.315 e. The number of para-hydroxylation sites is 1. The number of thioether (sulfide) groups is 1. The van der Waals surface area contributed by atoms with Crippen molar-refractivity contribution in [1.82, 2.24) is 0 Å². The van der Waals surface area contributed by atoms with Crippen molar-refractivity contribution in [3.8, 4) is 0 Å². The summed E-state index contributed by atoms with van der Waals surface area (Å²) in [7, 11) is -3.03. The molecule has 3 rings (SSSR count). The Morgan fingerprint density at radius 2 is 2.04 bits per heavy atom. The van der Waals surface area contributed by atoms with Crippen LogP contribution in [0.4, 0.5) is 5.69 Å². The van der Waals surface area contributed by atoms with Crippen LogP contribution in [-0.4, -0.2) is 42.3 Å². The topological polar surface area (TPSA) is 66.8 Å². The number of fused-ring (bicyclic) bond motifs is 1. The monoisotopic (exact) mass is 352 g/mol. The lowest BCUT2D eigenvalue weighted by Crippen LogP contribution is -2.38. The first-order chi connectivity index (χ1) is 10.9. The van der Waals surface area contributed by atoms with E-state index >= 15 is 0 Å². The summed E-state index contributed by atoms with van der Waals surface area (Å²) in [6.07, 6.45) is 1.19. The molecule has 1 aromatic carbocycles. The average Bonchev–Trinajstić information content (AvgIpc) is 2.98. The van der Waals surface area contributed by atoms with Crippen LogP contribution in [0, 0.1) is 0 Å². The van der Waals surface area contributed by atoms with E-state index in [-0.39, 0.29) is 28.7 Å². The van der Waals surface area contributed by atoms with E-state index in [0.717, 1.165) is 17.7 Å². The Labute approximate surface area is 141 Å². The fraction of sp³-hybridized carbons (Fsp3) is 0.500. The molecule has 2 atom stereocenters. The van der Waals surface area contributed by atoms with Crippen LogP contribution < -0.4 is 4.90 Å². The molecular formula is C16H20N2O3S2. The molecule has 2 aliphatic heterocycles. The number of aryl methyl sites for hydroxylation is 1. The number of amidine groups is 1. The molecule has 0 spiro atoms.